The van der Waals surface area contributed by atoms with Crippen molar-refractivity contribution in [1.29, 1.82) is 0 Å². The Balaban J connectivity index is 2.13. The van der Waals surface area contributed by atoms with E-state index in [0.29, 0.717) is 13.2 Å². The third-order valence-electron chi connectivity index (χ3n) is 3.25. The van der Waals surface area contributed by atoms with Crippen LogP contribution in [0.1, 0.15) is 23.9 Å². The van der Waals surface area contributed by atoms with Crippen molar-refractivity contribution in [2.24, 2.45) is 5.73 Å². The molecule has 0 atom stereocenters. The summed E-state index contributed by atoms with van der Waals surface area (Å²) in [6.45, 7) is 6.00. The first-order chi connectivity index (χ1) is 10.1. The van der Waals surface area contributed by atoms with Crippen LogP contribution in [0.5, 0.6) is 5.75 Å². The van der Waals surface area contributed by atoms with Gasteiger partial charge in [0.25, 0.3) is 0 Å². The predicted octanol–water partition coefficient (Wildman–Crippen LogP) is 3.82. The molecule has 0 fully saturated rings. The molecule has 0 aliphatic carbocycles. The van der Waals surface area contributed by atoms with Crippen molar-refractivity contribution in [1.82, 2.24) is 9.78 Å². The third kappa shape index (κ3) is 3.87. The summed E-state index contributed by atoms with van der Waals surface area (Å²) in [6, 6.07) is 6.08. The zero-order valence-electron chi connectivity index (χ0n) is 12.2. The van der Waals surface area contributed by atoms with Crippen LogP contribution in [0.4, 0.5) is 0 Å². The number of benzene rings is 1. The summed E-state index contributed by atoms with van der Waals surface area (Å²) in [6.07, 6.45) is 0.867. The molecule has 0 amide bonds. The molecule has 0 saturated carbocycles. The second kappa shape index (κ2) is 7.42. The normalized spacial score (nSPS) is 10.9. The first-order valence-electron chi connectivity index (χ1n) is 6.89. The van der Waals surface area contributed by atoms with Crippen molar-refractivity contribution in [2.75, 3.05) is 6.54 Å². The Kier molecular flexibility index (Phi) is 5.84. The van der Waals surface area contributed by atoms with E-state index in [-0.39, 0.29) is 0 Å². The van der Waals surface area contributed by atoms with E-state index in [1.165, 1.54) is 5.56 Å². The summed E-state index contributed by atoms with van der Waals surface area (Å²) in [4.78, 5) is 0. The second-order valence-electron chi connectivity index (χ2n) is 4.75. The van der Waals surface area contributed by atoms with Crippen LogP contribution in [0.2, 0.25) is 0 Å². The zero-order chi connectivity index (χ0) is 15.4. The Hall–Kier alpha value is -0.850. The molecule has 0 radical (unpaired) electrons. The lowest BCUT2D eigenvalue weighted by Gasteiger charge is -2.11. The number of hydrogen-bond donors (Lipinski definition) is 1. The first kappa shape index (κ1) is 16.5. The average Bonchev–Trinajstić information content (AvgIpc) is 2.74. The molecule has 1 aromatic heterocycles. The summed E-state index contributed by atoms with van der Waals surface area (Å²) in [7, 11) is 0. The monoisotopic (exact) mass is 415 g/mol. The number of aryl methyl sites for hydroxylation is 2. The molecular formula is C15H19Br2N3O. The molecule has 21 heavy (non-hydrogen) atoms. The van der Waals surface area contributed by atoms with Gasteiger partial charge < -0.3 is 10.5 Å². The lowest BCUT2D eigenvalue weighted by atomic mass is 10.1. The lowest BCUT2D eigenvalue weighted by Crippen LogP contribution is -2.07. The number of hydrogen-bond acceptors (Lipinski definition) is 3. The standard InChI is InChI=1S/C15H19Br2N3O/c1-3-20-13(15(17)10(2)19-20)9-21-14-5-4-11(6-7-18)8-12(14)16/h4-5,8H,3,6-7,9,18H2,1-2H3. The van der Waals surface area contributed by atoms with Gasteiger partial charge in [-0.25, -0.2) is 0 Å². The van der Waals surface area contributed by atoms with Crippen LogP contribution in [-0.4, -0.2) is 16.3 Å². The highest BCUT2D eigenvalue weighted by atomic mass is 79.9. The molecule has 1 aromatic carbocycles. The summed E-state index contributed by atoms with van der Waals surface area (Å²) in [5.41, 5.74) is 8.80. The van der Waals surface area contributed by atoms with Crippen LogP contribution in [0, 0.1) is 6.92 Å². The minimum atomic E-state index is 0.476. The topological polar surface area (TPSA) is 53.1 Å². The molecule has 2 aromatic rings. The van der Waals surface area contributed by atoms with Crippen LogP contribution in [-0.2, 0) is 19.6 Å². The lowest BCUT2D eigenvalue weighted by molar-refractivity contribution is 0.290. The summed E-state index contributed by atoms with van der Waals surface area (Å²) in [5, 5.41) is 4.47. The van der Waals surface area contributed by atoms with E-state index < -0.39 is 0 Å². The van der Waals surface area contributed by atoms with Crippen LogP contribution in [0.3, 0.4) is 0 Å². The molecule has 0 bridgehead atoms. The Morgan fingerprint density at radius 3 is 2.71 bits per heavy atom. The number of aromatic nitrogens is 2. The van der Waals surface area contributed by atoms with Crippen molar-refractivity contribution in [2.45, 2.75) is 33.4 Å². The number of nitrogens with zero attached hydrogens (tertiary/aromatic N) is 2. The van der Waals surface area contributed by atoms with Gasteiger partial charge in [0.2, 0.25) is 0 Å². The molecule has 4 nitrogen and oxygen atoms in total. The fourth-order valence-corrected chi connectivity index (χ4v) is 3.08. The highest BCUT2D eigenvalue weighted by molar-refractivity contribution is 9.10. The van der Waals surface area contributed by atoms with Gasteiger partial charge in [0, 0.05) is 6.54 Å². The van der Waals surface area contributed by atoms with Crippen molar-refractivity contribution >= 4 is 31.9 Å². The maximum absolute atomic E-state index is 5.92. The van der Waals surface area contributed by atoms with Crippen molar-refractivity contribution in [3.05, 3.63) is 44.1 Å². The fraction of sp³-hybridized carbons (Fsp3) is 0.400. The van der Waals surface area contributed by atoms with E-state index in [1.54, 1.807) is 0 Å². The molecule has 0 unspecified atom stereocenters. The van der Waals surface area contributed by atoms with Gasteiger partial charge in [-0.05, 0) is 76.4 Å². The van der Waals surface area contributed by atoms with Crippen LogP contribution >= 0.6 is 31.9 Å². The van der Waals surface area contributed by atoms with Gasteiger partial charge in [0.15, 0.2) is 0 Å². The molecule has 0 spiro atoms. The largest absolute Gasteiger partial charge is 0.486 e. The SMILES string of the molecule is CCn1nc(C)c(Br)c1COc1ccc(CCN)cc1Br. The zero-order valence-corrected chi connectivity index (χ0v) is 15.4. The molecule has 0 aliphatic rings. The Morgan fingerprint density at radius 1 is 1.33 bits per heavy atom. The van der Waals surface area contributed by atoms with Crippen molar-refractivity contribution in [3.63, 3.8) is 0 Å². The summed E-state index contributed by atoms with van der Waals surface area (Å²) in [5.74, 6) is 0.823. The van der Waals surface area contributed by atoms with Crippen molar-refractivity contribution < 1.29 is 4.74 Å². The second-order valence-corrected chi connectivity index (χ2v) is 6.40. The smallest absolute Gasteiger partial charge is 0.134 e. The molecule has 1 heterocycles. The van der Waals surface area contributed by atoms with E-state index in [9.17, 15) is 0 Å². The number of ether oxygens (including phenoxy) is 1. The fourth-order valence-electron chi connectivity index (χ4n) is 2.14. The maximum Gasteiger partial charge on any atom is 0.134 e. The van der Waals surface area contributed by atoms with Gasteiger partial charge in [-0.15, -0.1) is 0 Å². The molecular weight excluding hydrogens is 398 g/mol. The summed E-state index contributed by atoms with van der Waals surface area (Å²) >= 11 is 7.13. The minimum absolute atomic E-state index is 0.476. The van der Waals surface area contributed by atoms with E-state index in [1.807, 2.05) is 23.7 Å². The van der Waals surface area contributed by atoms with E-state index in [2.05, 4.69) is 49.9 Å². The Labute approximate surface area is 141 Å². The van der Waals surface area contributed by atoms with Gasteiger partial charge in [-0.2, -0.15) is 5.10 Å². The number of nitrogens with two attached hydrogens (primary N) is 1. The van der Waals surface area contributed by atoms with Crippen LogP contribution in [0.15, 0.2) is 27.1 Å². The highest BCUT2D eigenvalue weighted by Gasteiger charge is 2.13. The molecule has 6 heteroatoms. The van der Waals surface area contributed by atoms with Gasteiger partial charge in [0.05, 0.1) is 20.3 Å². The highest BCUT2D eigenvalue weighted by Crippen LogP contribution is 2.28. The van der Waals surface area contributed by atoms with Crippen LogP contribution in [0.25, 0.3) is 0 Å². The quantitative estimate of drug-likeness (QED) is 0.778. The molecule has 114 valence electrons. The molecule has 0 saturated heterocycles. The van der Waals surface area contributed by atoms with Gasteiger partial charge >= 0.3 is 0 Å². The Bertz CT molecular complexity index is 626. The van der Waals surface area contributed by atoms with Gasteiger partial charge in [0.1, 0.15) is 12.4 Å². The van der Waals surface area contributed by atoms with E-state index >= 15 is 0 Å². The first-order valence-corrected chi connectivity index (χ1v) is 8.48. The number of rotatable bonds is 6. The van der Waals surface area contributed by atoms with Gasteiger partial charge in [-0.3, -0.25) is 4.68 Å². The molecule has 2 N–H and O–H groups in total. The predicted molar refractivity (Wildman–Crippen MR) is 91.6 cm³/mol. The summed E-state index contributed by atoms with van der Waals surface area (Å²) < 4.78 is 9.84. The third-order valence-corrected chi connectivity index (χ3v) is 4.90. The van der Waals surface area contributed by atoms with E-state index in [0.717, 1.165) is 39.0 Å². The molecule has 2 rings (SSSR count). The molecule has 0 aliphatic heterocycles. The number of halogens is 2. The van der Waals surface area contributed by atoms with Crippen LogP contribution < -0.4 is 10.5 Å². The minimum Gasteiger partial charge on any atom is -0.486 e. The average molecular weight is 417 g/mol. The maximum atomic E-state index is 5.92. The van der Waals surface area contributed by atoms with Crippen molar-refractivity contribution in [3.8, 4) is 5.75 Å². The van der Waals surface area contributed by atoms with Gasteiger partial charge in [-0.1, -0.05) is 6.07 Å². The Morgan fingerprint density at radius 2 is 2.10 bits per heavy atom. The van der Waals surface area contributed by atoms with E-state index in [4.69, 9.17) is 10.5 Å².